The smallest absolute Gasteiger partial charge is 0.255 e. The molecule has 0 aromatic heterocycles. The summed E-state index contributed by atoms with van der Waals surface area (Å²) in [6, 6.07) is 13.3. The molecule has 2 rings (SSSR count). The highest BCUT2D eigenvalue weighted by Gasteiger charge is 2.07. The van der Waals surface area contributed by atoms with Crippen molar-refractivity contribution in [2.45, 2.75) is 0 Å². The second-order valence-corrected chi connectivity index (χ2v) is 4.03. The van der Waals surface area contributed by atoms with Crippen molar-refractivity contribution in [1.82, 2.24) is 0 Å². The Morgan fingerprint density at radius 2 is 1.63 bits per heavy atom. The first-order valence-electron chi connectivity index (χ1n) is 5.56. The van der Waals surface area contributed by atoms with Gasteiger partial charge in [-0.3, -0.25) is 4.79 Å². The molecule has 0 atom stereocenters. The zero-order valence-electron chi connectivity index (χ0n) is 10.1. The molecule has 0 spiro atoms. The highest BCUT2D eigenvalue weighted by Crippen LogP contribution is 2.16. The van der Waals surface area contributed by atoms with Crippen LogP contribution in [0.15, 0.2) is 42.5 Å². The van der Waals surface area contributed by atoms with Gasteiger partial charge < -0.3 is 16.8 Å². The molecule has 5 N–H and O–H groups in total. The first kappa shape index (κ1) is 12.5. The van der Waals surface area contributed by atoms with Gasteiger partial charge in [0.2, 0.25) is 0 Å². The van der Waals surface area contributed by atoms with Gasteiger partial charge in [-0.05, 0) is 42.5 Å². The van der Waals surface area contributed by atoms with Crippen molar-refractivity contribution < 1.29 is 4.79 Å². The van der Waals surface area contributed by atoms with Gasteiger partial charge in [-0.15, -0.1) is 0 Å². The van der Waals surface area contributed by atoms with E-state index in [2.05, 4.69) is 5.32 Å². The van der Waals surface area contributed by atoms with Crippen LogP contribution in [0.2, 0.25) is 0 Å². The van der Waals surface area contributed by atoms with E-state index in [0.717, 1.165) is 0 Å². The van der Waals surface area contributed by atoms with Crippen LogP contribution < -0.4 is 16.8 Å². The minimum absolute atomic E-state index is 0.302. The van der Waals surface area contributed by atoms with E-state index >= 15 is 0 Å². The Kier molecular flexibility index (Phi) is 3.35. The predicted octanol–water partition coefficient (Wildman–Crippen LogP) is 1.97. The molecule has 1 amide bonds. The molecule has 5 heteroatoms. The number of carbonyl (C=O) groups excluding carboxylic acids is 1. The maximum atomic E-state index is 12.0. The molecule has 19 heavy (non-hydrogen) atoms. The zero-order chi connectivity index (χ0) is 13.8. The molecule has 0 saturated heterocycles. The third-order valence-electron chi connectivity index (χ3n) is 2.51. The molecule has 0 aliphatic heterocycles. The van der Waals surface area contributed by atoms with Crippen molar-refractivity contribution in [2.24, 2.45) is 0 Å². The van der Waals surface area contributed by atoms with E-state index in [0.29, 0.717) is 28.2 Å². The van der Waals surface area contributed by atoms with Gasteiger partial charge in [0.1, 0.15) is 0 Å². The molecule has 0 fully saturated rings. The molecule has 2 aromatic rings. The largest absolute Gasteiger partial charge is 0.399 e. The Labute approximate surface area is 110 Å². The van der Waals surface area contributed by atoms with Crippen molar-refractivity contribution >= 4 is 23.0 Å². The fourth-order valence-corrected chi connectivity index (χ4v) is 1.64. The number of hydrogen-bond donors (Lipinski definition) is 3. The third-order valence-corrected chi connectivity index (χ3v) is 2.51. The fourth-order valence-electron chi connectivity index (χ4n) is 1.64. The van der Waals surface area contributed by atoms with Crippen LogP contribution in [-0.2, 0) is 0 Å². The minimum atomic E-state index is -0.302. The van der Waals surface area contributed by atoms with Crippen molar-refractivity contribution in [3.8, 4) is 6.07 Å². The molecule has 2 aromatic carbocycles. The Balaban J connectivity index is 2.18. The number of nitrogen functional groups attached to an aromatic ring is 2. The monoisotopic (exact) mass is 252 g/mol. The van der Waals surface area contributed by atoms with Crippen LogP contribution in [0.4, 0.5) is 17.1 Å². The number of benzene rings is 2. The summed E-state index contributed by atoms with van der Waals surface area (Å²) in [6.45, 7) is 0. The van der Waals surface area contributed by atoms with E-state index in [9.17, 15) is 4.79 Å². The average molecular weight is 252 g/mol. The molecule has 0 aliphatic rings. The summed E-state index contributed by atoms with van der Waals surface area (Å²) < 4.78 is 0. The van der Waals surface area contributed by atoms with Crippen molar-refractivity contribution in [3.05, 3.63) is 53.6 Å². The summed E-state index contributed by atoms with van der Waals surface area (Å²) in [5.41, 5.74) is 13.7. The highest BCUT2D eigenvalue weighted by molar-refractivity contribution is 6.05. The molecule has 0 radical (unpaired) electrons. The van der Waals surface area contributed by atoms with Crippen LogP contribution in [-0.4, -0.2) is 5.91 Å². The maximum absolute atomic E-state index is 12.0. The molecule has 0 bridgehead atoms. The SMILES string of the molecule is N#Cc1ccc(NC(=O)c2cc(N)cc(N)c2)cc1. The topological polar surface area (TPSA) is 105 Å². The number of nitrogens with zero attached hydrogens (tertiary/aromatic N) is 1. The standard InChI is InChI=1S/C14H12N4O/c15-8-9-1-3-13(4-2-9)18-14(19)10-5-11(16)7-12(17)6-10/h1-7H,16-17H2,(H,18,19). The quantitative estimate of drug-likeness (QED) is 0.710. The first-order chi connectivity index (χ1) is 9.08. The molecule has 0 heterocycles. The van der Waals surface area contributed by atoms with E-state index in [-0.39, 0.29) is 5.91 Å². The summed E-state index contributed by atoms with van der Waals surface area (Å²) in [5.74, 6) is -0.302. The summed E-state index contributed by atoms with van der Waals surface area (Å²) in [7, 11) is 0. The number of carbonyl (C=O) groups is 1. The number of rotatable bonds is 2. The first-order valence-corrected chi connectivity index (χ1v) is 5.56. The lowest BCUT2D eigenvalue weighted by Gasteiger charge is -2.07. The Bertz CT molecular complexity index is 636. The number of anilines is 3. The second kappa shape index (κ2) is 5.10. The van der Waals surface area contributed by atoms with Crippen molar-refractivity contribution in [3.63, 3.8) is 0 Å². The average Bonchev–Trinajstić information content (AvgIpc) is 2.38. The lowest BCUT2D eigenvalue weighted by molar-refractivity contribution is 0.102. The number of nitrogens with two attached hydrogens (primary N) is 2. The molecule has 0 aliphatic carbocycles. The molecular formula is C14H12N4O. The van der Waals surface area contributed by atoms with Gasteiger partial charge in [0, 0.05) is 22.6 Å². The molecule has 94 valence electrons. The Morgan fingerprint density at radius 1 is 1.05 bits per heavy atom. The maximum Gasteiger partial charge on any atom is 0.255 e. The van der Waals surface area contributed by atoms with Crippen molar-refractivity contribution in [1.29, 1.82) is 5.26 Å². The van der Waals surface area contributed by atoms with Crippen molar-refractivity contribution in [2.75, 3.05) is 16.8 Å². The normalized spacial score (nSPS) is 9.63. The van der Waals surface area contributed by atoms with Crippen LogP contribution in [0, 0.1) is 11.3 Å². The van der Waals surface area contributed by atoms with E-state index in [1.54, 1.807) is 42.5 Å². The van der Waals surface area contributed by atoms with Crippen LogP contribution in [0.5, 0.6) is 0 Å². The van der Waals surface area contributed by atoms with Crippen LogP contribution >= 0.6 is 0 Å². The predicted molar refractivity (Wildman–Crippen MR) is 74.4 cm³/mol. The van der Waals surface area contributed by atoms with Gasteiger partial charge in [0.25, 0.3) is 5.91 Å². The fraction of sp³-hybridized carbons (Fsp3) is 0. The number of hydrogen-bond acceptors (Lipinski definition) is 4. The van der Waals surface area contributed by atoms with Gasteiger partial charge in [-0.1, -0.05) is 0 Å². The van der Waals surface area contributed by atoms with Crippen LogP contribution in [0.3, 0.4) is 0 Å². The van der Waals surface area contributed by atoms with E-state index in [4.69, 9.17) is 16.7 Å². The van der Waals surface area contributed by atoms with E-state index in [1.807, 2.05) is 6.07 Å². The Morgan fingerprint density at radius 3 is 2.16 bits per heavy atom. The molecule has 0 unspecified atom stereocenters. The van der Waals surface area contributed by atoms with Crippen LogP contribution in [0.25, 0.3) is 0 Å². The third kappa shape index (κ3) is 3.01. The Hall–Kier alpha value is -3.00. The molecule has 0 saturated carbocycles. The zero-order valence-corrected chi connectivity index (χ0v) is 10.1. The summed E-state index contributed by atoms with van der Waals surface area (Å²) >= 11 is 0. The van der Waals surface area contributed by atoms with Gasteiger partial charge in [-0.2, -0.15) is 5.26 Å². The summed E-state index contributed by atoms with van der Waals surface area (Å²) in [6.07, 6.45) is 0. The molecule has 5 nitrogen and oxygen atoms in total. The van der Waals surface area contributed by atoms with E-state index < -0.39 is 0 Å². The number of amides is 1. The van der Waals surface area contributed by atoms with Crippen LogP contribution in [0.1, 0.15) is 15.9 Å². The van der Waals surface area contributed by atoms with E-state index in [1.165, 1.54) is 0 Å². The van der Waals surface area contributed by atoms with Gasteiger partial charge in [0.05, 0.1) is 11.6 Å². The van der Waals surface area contributed by atoms with Gasteiger partial charge in [-0.25, -0.2) is 0 Å². The summed E-state index contributed by atoms with van der Waals surface area (Å²) in [5, 5.41) is 11.4. The highest BCUT2D eigenvalue weighted by atomic mass is 16.1. The van der Waals surface area contributed by atoms with Gasteiger partial charge in [0.15, 0.2) is 0 Å². The summed E-state index contributed by atoms with van der Waals surface area (Å²) in [4.78, 5) is 12.0. The second-order valence-electron chi connectivity index (χ2n) is 4.03. The lowest BCUT2D eigenvalue weighted by atomic mass is 10.1. The van der Waals surface area contributed by atoms with Gasteiger partial charge >= 0.3 is 0 Å². The lowest BCUT2D eigenvalue weighted by Crippen LogP contribution is -2.12. The number of nitriles is 1. The number of nitrogens with one attached hydrogen (secondary N) is 1. The molecular weight excluding hydrogens is 240 g/mol. The minimum Gasteiger partial charge on any atom is -0.399 e.